The van der Waals surface area contributed by atoms with Crippen LogP contribution in [0.15, 0.2) is 49.1 Å². The van der Waals surface area contributed by atoms with Crippen LogP contribution in [0.2, 0.25) is 0 Å². The van der Waals surface area contributed by atoms with Gasteiger partial charge in [-0.1, -0.05) is 22.7 Å². The molecule has 0 radical (unpaired) electrons. The Hall–Kier alpha value is -3.02. The highest BCUT2D eigenvalue weighted by atomic mass is 19.2. The molecule has 5 nitrogen and oxygen atoms in total. The van der Waals surface area contributed by atoms with Crippen molar-refractivity contribution in [2.24, 2.45) is 0 Å². The Bertz CT molecular complexity index is 976. The number of nitrogens with two attached hydrogens (primary N) is 1. The number of anilines is 1. The number of benzene rings is 1. The fourth-order valence-corrected chi connectivity index (χ4v) is 2.49. The maximum absolute atomic E-state index is 13.9. The molecule has 0 saturated heterocycles. The summed E-state index contributed by atoms with van der Waals surface area (Å²) >= 11 is 0. The first-order valence-corrected chi connectivity index (χ1v) is 6.37. The Labute approximate surface area is 118 Å². The van der Waals surface area contributed by atoms with Crippen molar-refractivity contribution >= 4 is 27.8 Å². The minimum atomic E-state index is 0.158. The molecule has 0 saturated carbocycles. The summed E-state index contributed by atoms with van der Waals surface area (Å²) in [5.41, 5.74) is 8.31. The number of halogens is 1. The number of aromatic nitrogens is 4. The molecule has 4 rings (SSSR count). The van der Waals surface area contributed by atoms with Crippen LogP contribution < -0.4 is 5.73 Å². The number of hydrogen-bond acceptors (Lipinski definition) is 4. The highest BCUT2D eigenvalue weighted by molar-refractivity contribution is 6.01. The molecule has 3 heterocycles. The summed E-state index contributed by atoms with van der Waals surface area (Å²) in [5, 5.41) is 1.47. The maximum atomic E-state index is 13.9. The van der Waals surface area contributed by atoms with Crippen LogP contribution in [0, 0.1) is 0 Å². The maximum Gasteiger partial charge on any atom is 0.175 e. The van der Waals surface area contributed by atoms with E-state index in [1.54, 1.807) is 6.20 Å². The topological polar surface area (TPSA) is 69.6 Å². The minimum Gasteiger partial charge on any atom is -0.383 e. The first-order chi connectivity index (χ1) is 10.2. The Balaban J connectivity index is 2.04. The molecule has 0 spiro atoms. The molecule has 0 aliphatic carbocycles. The second-order valence-electron chi connectivity index (χ2n) is 4.73. The van der Waals surface area contributed by atoms with Gasteiger partial charge >= 0.3 is 0 Å². The van der Waals surface area contributed by atoms with E-state index in [-0.39, 0.29) is 11.5 Å². The Morgan fingerprint density at radius 2 is 1.95 bits per heavy atom. The SMILES string of the molecule is Nc1ncnc2c1c(-c1cnc3ccccc3c1)cn2F. The van der Waals surface area contributed by atoms with Gasteiger partial charge in [0.25, 0.3) is 0 Å². The van der Waals surface area contributed by atoms with E-state index in [1.165, 1.54) is 12.5 Å². The van der Waals surface area contributed by atoms with Gasteiger partial charge in [0.15, 0.2) is 5.65 Å². The molecule has 0 atom stereocenters. The summed E-state index contributed by atoms with van der Waals surface area (Å²) < 4.78 is 13.9. The average Bonchev–Trinajstić information content (AvgIpc) is 2.86. The number of para-hydroxylation sites is 1. The van der Waals surface area contributed by atoms with Gasteiger partial charge in [0.2, 0.25) is 0 Å². The second-order valence-corrected chi connectivity index (χ2v) is 4.73. The van der Waals surface area contributed by atoms with Crippen LogP contribution in [0.1, 0.15) is 0 Å². The molecule has 0 amide bonds. The van der Waals surface area contributed by atoms with E-state index >= 15 is 0 Å². The van der Waals surface area contributed by atoms with E-state index < -0.39 is 0 Å². The van der Waals surface area contributed by atoms with Crippen LogP contribution in [-0.2, 0) is 0 Å². The highest BCUT2D eigenvalue weighted by Crippen LogP contribution is 2.33. The predicted molar refractivity (Wildman–Crippen MR) is 79.2 cm³/mol. The second kappa shape index (κ2) is 4.24. The lowest BCUT2D eigenvalue weighted by Gasteiger charge is -2.02. The van der Waals surface area contributed by atoms with Gasteiger partial charge in [-0.3, -0.25) is 4.98 Å². The molecule has 21 heavy (non-hydrogen) atoms. The minimum absolute atomic E-state index is 0.158. The molecule has 102 valence electrons. The average molecular weight is 279 g/mol. The van der Waals surface area contributed by atoms with E-state index in [2.05, 4.69) is 15.0 Å². The molecule has 1 aromatic carbocycles. The number of fused-ring (bicyclic) bond motifs is 2. The van der Waals surface area contributed by atoms with Crippen molar-refractivity contribution in [3.05, 3.63) is 49.1 Å². The van der Waals surface area contributed by atoms with Crippen molar-refractivity contribution in [1.82, 2.24) is 19.7 Å². The monoisotopic (exact) mass is 279 g/mol. The normalized spacial score (nSPS) is 11.3. The van der Waals surface area contributed by atoms with Crippen molar-refractivity contribution < 1.29 is 4.48 Å². The molecule has 0 fully saturated rings. The number of rotatable bonds is 1. The first-order valence-electron chi connectivity index (χ1n) is 6.37. The van der Waals surface area contributed by atoms with Crippen LogP contribution in [0.4, 0.5) is 10.3 Å². The molecule has 6 heteroatoms. The molecule has 3 aromatic heterocycles. The van der Waals surface area contributed by atoms with Crippen LogP contribution in [0.3, 0.4) is 0 Å². The van der Waals surface area contributed by atoms with Crippen LogP contribution in [0.5, 0.6) is 0 Å². The third-order valence-corrected chi connectivity index (χ3v) is 3.47. The predicted octanol–water partition coefficient (Wildman–Crippen LogP) is 2.96. The van der Waals surface area contributed by atoms with Crippen molar-refractivity contribution in [2.45, 2.75) is 0 Å². The quantitative estimate of drug-likeness (QED) is 0.581. The van der Waals surface area contributed by atoms with Crippen LogP contribution in [0.25, 0.3) is 33.1 Å². The van der Waals surface area contributed by atoms with Crippen molar-refractivity contribution in [3.8, 4) is 11.1 Å². The fraction of sp³-hybridized carbons (Fsp3) is 0. The molecular formula is C15H10FN5. The van der Waals surface area contributed by atoms with Gasteiger partial charge in [0.05, 0.1) is 10.9 Å². The Kier molecular flexibility index (Phi) is 2.38. The van der Waals surface area contributed by atoms with Crippen LogP contribution >= 0.6 is 0 Å². The van der Waals surface area contributed by atoms with Gasteiger partial charge < -0.3 is 5.73 Å². The zero-order valence-electron chi connectivity index (χ0n) is 10.9. The van der Waals surface area contributed by atoms with E-state index in [9.17, 15) is 4.48 Å². The standard InChI is InChI=1S/C15H10FN5/c16-21-7-11(13-14(17)19-8-20-15(13)21)10-5-9-3-1-2-4-12(9)18-6-10/h1-8H,(H2,17,19,20). The summed E-state index contributed by atoms with van der Waals surface area (Å²) in [6.45, 7) is 0. The molecule has 4 aromatic rings. The summed E-state index contributed by atoms with van der Waals surface area (Å²) in [6, 6.07) is 9.69. The number of nitrogens with zero attached hydrogens (tertiary/aromatic N) is 4. The number of pyridine rings is 1. The zero-order chi connectivity index (χ0) is 14.4. The van der Waals surface area contributed by atoms with Crippen molar-refractivity contribution in [2.75, 3.05) is 5.73 Å². The van der Waals surface area contributed by atoms with E-state index in [0.29, 0.717) is 15.7 Å². The third kappa shape index (κ3) is 1.73. The largest absolute Gasteiger partial charge is 0.383 e. The van der Waals surface area contributed by atoms with Crippen LogP contribution in [-0.4, -0.2) is 19.7 Å². The number of nitrogen functional groups attached to an aromatic ring is 1. The Morgan fingerprint density at radius 3 is 2.86 bits per heavy atom. The van der Waals surface area contributed by atoms with Gasteiger partial charge in [-0.05, 0) is 12.1 Å². The van der Waals surface area contributed by atoms with Gasteiger partial charge in [0, 0.05) is 28.9 Å². The van der Waals surface area contributed by atoms with Gasteiger partial charge in [-0.25, -0.2) is 9.97 Å². The van der Waals surface area contributed by atoms with E-state index in [1.807, 2.05) is 30.3 Å². The van der Waals surface area contributed by atoms with Gasteiger partial charge in [0.1, 0.15) is 12.1 Å². The molecule has 0 aliphatic heterocycles. The van der Waals surface area contributed by atoms with Crippen molar-refractivity contribution in [3.63, 3.8) is 0 Å². The molecule has 0 bridgehead atoms. The molecule has 2 N–H and O–H groups in total. The van der Waals surface area contributed by atoms with Gasteiger partial charge in [-0.2, -0.15) is 4.79 Å². The highest BCUT2D eigenvalue weighted by Gasteiger charge is 2.15. The number of hydrogen-bond donors (Lipinski definition) is 1. The summed E-state index contributed by atoms with van der Waals surface area (Å²) in [4.78, 5) is 12.7. The molecular weight excluding hydrogens is 269 g/mol. The van der Waals surface area contributed by atoms with E-state index in [4.69, 9.17) is 5.73 Å². The third-order valence-electron chi connectivity index (χ3n) is 3.47. The van der Waals surface area contributed by atoms with Gasteiger partial charge in [-0.15, -0.1) is 0 Å². The lowest BCUT2D eigenvalue weighted by molar-refractivity contribution is 0.385. The summed E-state index contributed by atoms with van der Waals surface area (Å²) in [7, 11) is 0. The van der Waals surface area contributed by atoms with E-state index in [0.717, 1.165) is 16.5 Å². The lowest BCUT2D eigenvalue weighted by Crippen LogP contribution is -1.93. The molecule has 0 aliphatic rings. The molecule has 0 unspecified atom stereocenters. The summed E-state index contributed by atoms with van der Waals surface area (Å²) in [6.07, 6.45) is 4.29. The lowest BCUT2D eigenvalue weighted by atomic mass is 10.1. The zero-order valence-corrected chi connectivity index (χ0v) is 10.9. The smallest absolute Gasteiger partial charge is 0.175 e. The Morgan fingerprint density at radius 1 is 1.10 bits per heavy atom. The van der Waals surface area contributed by atoms with Crippen molar-refractivity contribution in [1.29, 1.82) is 0 Å². The first kappa shape index (κ1) is 11.8. The fourth-order valence-electron chi connectivity index (χ4n) is 2.49. The summed E-state index contributed by atoms with van der Waals surface area (Å²) in [5.74, 6) is 0.250.